The molecule has 1 aromatic carbocycles. The zero-order valence-corrected chi connectivity index (χ0v) is 9.80. The fraction of sp³-hybridized carbons (Fsp3) is 0.231. The van der Waals surface area contributed by atoms with Crippen LogP contribution in [-0.4, -0.2) is 31.3 Å². The molecule has 18 heavy (non-hydrogen) atoms. The maximum absolute atomic E-state index is 11.7. The largest absolute Gasteiger partial charge is 0.494 e. The first-order valence-corrected chi connectivity index (χ1v) is 5.57. The third kappa shape index (κ3) is 1.55. The number of carbonyl (C=O) groups excluding carboxylic acids is 1. The molecule has 1 aromatic heterocycles. The number of ether oxygens (including phenoxy) is 3. The molecule has 0 aliphatic carbocycles. The predicted molar refractivity (Wildman–Crippen MR) is 64.1 cm³/mol. The monoisotopic (exact) mass is 245 g/mol. The van der Waals surface area contributed by atoms with Crippen molar-refractivity contribution in [3.8, 4) is 11.5 Å². The maximum Gasteiger partial charge on any atom is 0.343 e. The van der Waals surface area contributed by atoms with Crippen LogP contribution in [0.15, 0.2) is 24.4 Å². The number of methoxy groups -OCH3 is 1. The lowest BCUT2D eigenvalue weighted by Crippen LogP contribution is -2.05. The quantitative estimate of drug-likeness (QED) is 0.717. The van der Waals surface area contributed by atoms with Crippen molar-refractivity contribution in [3.63, 3.8) is 0 Å². The minimum atomic E-state index is -0.403. The minimum absolute atomic E-state index is 0.249. The van der Waals surface area contributed by atoms with E-state index in [1.54, 1.807) is 7.11 Å². The van der Waals surface area contributed by atoms with Crippen LogP contribution >= 0.6 is 0 Å². The van der Waals surface area contributed by atoms with Gasteiger partial charge in [-0.3, -0.25) is 4.98 Å². The van der Waals surface area contributed by atoms with Crippen molar-refractivity contribution in [3.05, 3.63) is 30.0 Å². The van der Waals surface area contributed by atoms with Crippen molar-refractivity contribution < 1.29 is 19.0 Å². The van der Waals surface area contributed by atoms with Crippen LogP contribution in [0.4, 0.5) is 0 Å². The van der Waals surface area contributed by atoms with Crippen LogP contribution in [-0.2, 0) is 4.74 Å². The molecule has 0 radical (unpaired) electrons. The summed E-state index contributed by atoms with van der Waals surface area (Å²) in [6, 6.07) is 5.50. The van der Waals surface area contributed by atoms with E-state index in [2.05, 4.69) is 4.98 Å². The first kappa shape index (κ1) is 10.8. The third-order valence-corrected chi connectivity index (χ3v) is 2.81. The number of rotatable bonds is 1. The molecule has 5 nitrogen and oxygen atoms in total. The van der Waals surface area contributed by atoms with Gasteiger partial charge in [0.15, 0.2) is 0 Å². The Bertz CT molecular complexity index is 624. The summed E-state index contributed by atoms with van der Waals surface area (Å²) < 4.78 is 15.8. The average Bonchev–Trinajstić information content (AvgIpc) is 2.60. The highest BCUT2D eigenvalue weighted by atomic mass is 16.6. The number of fused-ring (bicyclic) bond motifs is 3. The number of benzene rings is 1. The van der Waals surface area contributed by atoms with E-state index in [1.807, 2.05) is 18.2 Å². The number of esters is 1. The molecule has 1 aliphatic heterocycles. The lowest BCUT2D eigenvalue weighted by atomic mass is 10.1. The molecule has 0 saturated carbocycles. The van der Waals surface area contributed by atoms with Gasteiger partial charge in [-0.15, -0.1) is 0 Å². The smallest absolute Gasteiger partial charge is 0.343 e. The standard InChI is InChI=1S/C13H11NO4/c1-16-10-4-2-3-8-11(10)14-7-9-12(8)17-5-6-18-13(9)15/h2-4,7H,5-6H2,1H3. The molecule has 0 fully saturated rings. The summed E-state index contributed by atoms with van der Waals surface area (Å²) in [4.78, 5) is 16.0. The van der Waals surface area contributed by atoms with E-state index < -0.39 is 5.97 Å². The highest BCUT2D eigenvalue weighted by molar-refractivity contribution is 6.01. The van der Waals surface area contributed by atoms with Gasteiger partial charge in [0.25, 0.3) is 0 Å². The summed E-state index contributed by atoms with van der Waals surface area (Å²) in [5.74, 6) is 0.762. The molecule has 0 atom stereocenters. The van der Waals surface area contributed by atoms with E-state index in [4.69, 9.17) is 14.2 Å². The fourth-order valence-corrected chi connectivity index (χ4v) is 1.99. The van der Waals surface area contributed by atoms with E-state index in [0.717, 1.165) is 5.39 Å². The molecule has 2 heterocycles. The van der Waals surface area contributed by atoms with Crippen LogP contribution in [0.5, 0.6) is 11.5 Å². The third-order valence-electron chi connectivity index (χ3n) is 2.81. The topological polar surface area (TPSA) is 57.7 Å². The SMILES string of the molecule is COc1cccc2c3c(cnc12)C(=O)OCCO3. The van der Waals surface area contributed by atoms with E-state index in [9.17, 15) is 4.79 Å². The number of nitrogens with zero attached hydrogens (tertiary/aromatic N) is 1. The first-order valence-electron chi connectivity index (χ1n) is 5.57. The van der Waals surface area contributed by atoms with Gasteiger partial charge in [-0.05, 0) is 12.1 Å². The summed E-state index contributed by atoms with van der Waals surface area (Å²) in [6.45, 7) is 0.591. The van der Waals surface area contributed by atoms with Gasteiger partial charge < -0.3 is 14.2 Å². The van der Waals surface area contributed by atoms with Crippen molar-refractivity contribution >= 4 is 16.9 Å². The number of cyclic esters (lactones) is 1. The molecular formula is C13H11NO4. The van der Waals surface area contributed by atoms with Gasteiger partial charge in [0.1, 0.15) is 35.8 Å². The summed E-state index contributed by atoms with van der Waals surface area (Å²) in [5, 5.41) is 0.755. The van der Waals surface area contributed by atoms with Crippen molar-refractivity contribution in [2.45, 2.75) is 0 Å². The second kappa shape index (κ2) is 4.18. The molecule has 0 unspecified atom stereocenters. The summed E-state index contributed by atoms with van der Waals surface area (Å²) in [5.41, 5.74) is 1.03. The first-order chi connectivity index (χ1) is 8.81. The highest BCUT2D eigenvalue weighted by Crippen LogP contribution is 2.34. The Labute approximate surface area is 103 Å². The van der Waals surface area contributed by atoms with Gasteiger partial charge in [0, 0.05) is 11.6 Å². The molecule has 2 aromatic rings. The van der Waals surface area contributed by atoms with Crippen LogP contribution in [0.2, 0.25) is 0 Å². The Morgan fingerprint density at radius 3 is 2.94 bits per heavy atom. The van der Waals surface area contributed by atoms with Crippen molar-refractivity contribution in [2.24, 2.45) is 0 Å². The normalized spacial score (nSPS) is 14.4. The summed E-state index contributed by atoms with van der Waals surface area (Å²) in [6.07, 6.45) is 1.47. The second-order valence-corrected chi connectivity index (χ2v) is 3.84. The van der Waals surface area contributed by atoms with Gasteiger partial charge >= 0.3 is 5.97 Å². The van der Waals surface area contributed by atoms with Gasteiger partial charge in [-0.25, -0.2) is 4.79 Å². The zero-order valence-electron chi connectivity index (χ0n) is 9.80. The summed E-state index contributed by atoms with van der Waals surface area (Å²) in [7, 11) is 1.58. The number of carbonyl (C=O) groups is 1. The van der Waals surface area contributed by atoms with Gasteiger partial charge in [0.2, 0.25) is 0 Å². The van der Waals surface area contributed by atoms with Gasteiger partial charge in [-0.2, -0.15) is 0 Å². The Morgan fingerprint density at radius 2 is 2.11 bits per heavy atom. The van der Waals surface area contributed by atoms with Crippen LogP contribution < -0.4 is 9.47 Å². The molecular weight excluding hydrogens is 234 g/mol. The van der Waals surface area contributed by atoms with Crippen LogP contribution in [0.3, 0.4) is 0 Å². The number of hydrogen-bond acceptors (Lipinski definition) is 5. The van der Waals surface area contributed by atoms with E-state index >= 15 is 0 Å². The fourth-order valence-electron chi connectivity index (χ4n) is 1.99. The van der Waals surface area contributed by atoms with E-state index in [-0.39, 0.29) is 6.61 Å². The van der Waals surface area contributed by atoms with E-state index in [0.29, 0.717) is 29.2 Å². The van der Waals surface area contributed by atoms with Gasteiger partial charge in [0.05, 0.1) is 7.11 Å². The minimum Gasteiger partial charge on any atom is -0.494 e. The maximum atomic E-state index is 11.7. The second-order valence-electron chi connectivity index (χ2n) is 3.84. The zero-order chi connectivity index (χ0) is 12.5. The van der Waals surface area contributed by atoms with Crippen LogP contribution in [0, 0.1) is 0 Å². The molecule has 0 saturated heterocycles. The Hall–Kier alpha value is -2.30. The molecule has 3 rings (SSSR count). The Morgan fingerprint density at radius 1 is 1.28 bits per heavy atom. The van der Waals surface area contributed by atoms with Crippen LogP contribution in [0.1, 0.15) is 10.4 Å². The average molecular weight is 245 g/mol. The lowest BCUT2D eigenvalue weighted by Gasteiger charge is -2.10. The summed E-state index contributed by atoms with van der Waals surface area (Å²) >= 11 is 0. The molecule has 0 bridgehead atoms. The lowest BCUT2D eigenvalue weighted by molar-refractivity contribution is 0.0492. The molecule has 0 N–H and O–H groups in total. The molecule has 0 spiro atoms. The van der Waals surface area contributed by atoms with Gasteiger partial charge in [-0.1, -0.05) is 6.07 Å². The highest BCUT2D eigenvalue weighted by Gasteiger charge is 2.22. The molecule has 92 valence electrons. The number of aromatic nitrogens is 1. The van der Waals surface area contributed by atoms with Crippen molar-refractivity contribution in [1.29, 1.82) is 0 Å². The Kier molecular flexibility index (Phi) is 2.51. The number of pyridine rings is 1. The predicted octanol–water partition coefficient (Wildman–Crippen LogP) is 1.79. The number of hydrogen-bond donors (Lipinski definition) is 0. The van der Waals surface area contributed by atoms with Crippen LogP contribution in [0.25, 0.3) is 10.9 Å². The molecule has 5 heteroatoms. The molecule has 0 amide bonds. The van der Waals surface area contributed by atoms with Crippen molar-refractivity contribution in [2.75, 3.05) is 20.3 Å². The van der Waals surface area contributed by atoms with Crippen molar-refractivity contribution in [1.82, 2.24) is 4.98 Å². The van der Waals surface area contributed by atoms with E-state index in [1.165, 1.54) is 6.20 Å². The number of para-hydroxylation sites is 1. The molecule has 1 aliphatic rings. The Balaban J connectivity index is 2.31.